The minimum atomic E-state index is -0.286. The average Bonchev–Trinajstić information content (AvgIpc) is 2.28. The number of nitrogens with one attached hydrogen (secondary N) is 2. The highest BCUT2D eigenvalue weighted by atomic mass is 16.5. The maximum atomic E-state index is 12.0. The number of carbonyl (C=O) groups is 1. The smallest absolute Gasteiger partial charge is 0.242 e. The van der Waals surface area contributed by atoms with Crippen LogP contribution in [0.25, 0.3) is 0 Å². The summed E-state index contributed by atoms with van der Waals surface area (Å²) in [4.78, 5) is 12.0. The van der Waals surface area contributed by atoms with Gasteiger partial charge in [-0.1, -0.05) is 0 Å². The molecule has 0 aromatic heterocycles. The molecule has 0 spiro atoms. The number of anilines is 1. The van der Waals surface area contributed by atoms with E-state index in [-0.39, 0.29) is 23.6 Å². The van der Waals surface area contributed by atoms with E-state index in [1.54, 1.807) is 0 Å². The summed E-state index contributed by atoms with van der Waals surface area (Å²) in [6.07, 6.45) is 0.158. The molecule has 0 heterocycles. The zero-order valence-corrected chi connectivity index (χ0v) is 13.3. The molecule has 4 nitrogen and oxygen atoms in total. The zero-order chi connectivity index (χ0) is 15.3. The Morgan fingerprint density at radius 2 is 1.65 bits per heavy atom. The molecular weight excluding hydrogens is 252 g/mol. The monoisotopic (exact) mass is 278 g/mol. The Labute approximate surface area is 121 Å². The maximum Gasteiger partial charge on any atom is 0.242 e. The van der Waals surface area contributed by atoms with E-state index in [1.165, 1.54) is 0 Å². The summed E-state index contributed by atoms with van der Waals surface area (Å²) in [5.74, 6) is 0.817. The van der Waals surface area contributed by atoms with Gasteiger partial charge in [-0.15, -0.1) is 0 Å². The van der Waals surface area contributed by atoms with Gasteiger partial charge in [0.15, 0.2) is 0 Å². The fraction of sp³-hybridized carbons (Fsp3) is 0.562. The third-order valence-corrected chi connectivity index (χ3v) is 2.50. The minimum absolute atomic E-state index is 0.0139. The van der Waals surface area contributed by atoms with Gasteiger partial charge in [-0.2, -0.15) is 0 Å². The number of hydrogen-bond donors (Lipinski definition) is 2. The van der Waals surface area contributed by atoms with E-state index in [2.05, 4.69) is 10.6 Å². The van der Waals surface area contributed by atoms with Crippen LogP contribution in [-0.2, 0) is 4.79 Å². The molecule has 0 aliphatic carbocycles. The Kier molecular flexibility index (Phi) is 5.43. The molecule has 0 saturated heterocycles. The molecule has 0 aliphatic heterocycles. The molecule has 112 valence electrons. The lowest BCUT2D eigenvalue weighted by atomic mass is 10.1. The van der Waals surface area contributed by atoms with E-state index in [9.17, 15) is 4.79 Å². The highest BCUT2D eigenvalue weighted by Gasteiger charge is 2.18. The highest BCUT2D eigenvalue weighted by Crippen LogP contribution is 2.17. The topological polar surface area (TPSA) is 50.4 Å². The number of hydrogen-bond acceptors (Lipinski definition) is 3. The molecule has 0 bridgehead atoms. The normalized spacial score (nSPS) is 12.9. The Balaban J connectivity index is 2.58. The zero-order valence-electron chi connectivity index (χ0n) is 13.3. The quantitative estimate of drug-likeness (QED) is 0.869. The van der Waals surface area contributed by atoms with Gasteiger partial charge >= 0.3 is 0 Å². The van der Waals surface area contributed by atoms with E-state index in [0.29, 0.717) is 0 Å². The van der Waals surface area contributed by atoms with Crippen molar-refractivity contribution in [2.75, 3.05) is 5.32 Å². The number of carbonyl (C=O) groups excluding carboxylic acids is 1. The Morgan fingerprint density at radius 3 is 2.10 bits per heavy atom. The van der Waals surface area contributed by atoms with Crippen LogP contribution in [0.3, 0.4) is 0 Å². The fourth-order valence-corrected chi connectivity index (χ4v) is 1.70. The first-order valence-electron chi connectivity index (χ1n) is 7.02. The van der Waals surface area contributed by atoms with Crippen LogP contribution in [0.1, 0.15) is 41.5 Å². The number of rotatable bonds is 5. The predicted molar refractivity (Wildman–Crippen MR) is 83.2 cm³/mol. The molecular formula is C16H26N2O2. The SMILES string of the molecule is CC(C)Oc1ccc(NC(C)C(=O)NC(C)(C)C)cc1. The van der Waals surface area contributed by atoms with Crippen molar-refractivity contribution in [2.45, 2.75) is 59.2 Å². The molecule has 0 aliphatic rings. The van der Waals surface area contributed by atoms with Gasteiger partial charge in [0, 0.05) is 11.2 Å². The van der Waals surface area contributed by atoms with Crippen molar-refractivity contribution in [2.24, 2.45) is 0 Å². The van der Waals surface area contributed by atoms with Crippen LogP contribution in [0.5, 0.6) is 5.75 Å². The molecule has 4 heteroatoms. The van der Waals surface area contributed by atoms with Gasteiger partial charge in [-0.3, -0.25) is 4.79 Å². The van der Waals surface area contributed by atoms with Gasteiger partial charge in [-0.25, -0.2) is 0 Å². The van der Waals surface area contributed by atoms with Crippen molar-refractivity contribution in [3.63, 3.8) is 0 Å². The highest BCUT2D eigenvalue weighted by molar-refractivity contribution is 5.84. The van der Waals surface area contributed by atoms with Crippen LogP contribution in [-0.4, -0.2) is 23.6 Å². The van der Waals surface area contributed by atoms with Crippen LogP contribution in [0, 0.1) is 0 Å². The average molecular weight is 278 g/mol. The van der Waals surface area contributed by atoms with Crippen LogP contribution in [0.15, 0.2) is 24.3 Å². The summed E-state index contributed by atoms with van der Waals surface area (Å²) >= 11 is 0. The summed E-state index contributed by atoms with van der Waals surface area (Å²) in [6, 6.07) is 7.34. The maximum absolute atomic E-state index is 12.0. The molecule has 1 unspecified atom stereocenters. The molecule has 2 N–H and O–H groups in total. The second kappa shape index (κ2) is 6.64. The fourth-order valence-electron chi connectivity index (χ4n) is 1.70. The van der Waals surface area contributed by atoms with Crippen molar-refractivity contribution < 1.29 is 9.53 Å². The molecule has 0 saturated carbocycles. The van der Waals surface area contributed by atoms with Gasteiger partial charge in [0.2, 0.25) is 5.91 Å². The largest absolute Gasteiger partial charge is 0.491 e. The first-order chi connectivity index (χ1) is 9.17. The van der Waals surface area contributed by atoms with Crippen molar-refractivity contribution in [1.29, 1.82) is 0 Å². The number of ether oxygens (including phenoxy) is 1. The van der Waals surface area contributed by atoms with Crippen LogP contribution in [0.2, 0.25) is 0 Å². The van der Waals surface area contributed by atoms with Crippen LogP contribution < -0.4 is 15.4 Å². The Hall–Kier alpha value is -1.71. The number of benzene rings is 1. The first-order valence-corrected chi connectivity index (χ1v) is 7.02. The molecule has 1 atom stereocenters. The Morgan fingerprint density at radius 1 is 1.10 bits per heavy atom. The molecule has 1 amide bonds. The van der Waals surface area contributed by atoms with Gasteiger partial charge < -0.3 is 15.4 Å². The molecule has 0 radical (unpaired) electrons. The van der Waals surface area contributed by atoms with Crippen molar-refractivity contribution >= 4 is 11.6 Å². The lowest BCUT2D eigenvalue weighted by molar-refractivity contribution is -0.122. The van der Waals surface area contributed by atoms with E-state index in [4.69, 9.17) is 4.74 Å². The van der Waals surface area contributed by atoms with E-state index in [0.717, 1.165) is 11.4 Å². The molecule has 1 aromatic rings. The molecule has 20 heavy (non-hydrogen) atoms. The third-order valence-electron chi connectivity index (χ3n) is 2.50. The summed E-state index contributed by atoms with van der Waals surface area (Å²) in [5.41, 5.74) is 0.680. The summed E-state index contributed by atoms with van der Waals surface area (Å²) in [5, 5.41) is 6.13. The minimum Gasteiger partial charge on any atom is -0.491 e. The molecule has 1 aromatic carbocycles. The Bertz CT molecular complexity index is 433. The lowest BCUT2D eigenvalue weighted by Crippen LogP contribution is -2.47. The van der Waals surface area contributed by atoms with Crippen LogP contribution in [0.4, 0.5) is 5.69 Å². The summed E-state index contributed by atoms with van der Waals surface area (Å²) < 4.78 is 5.58. The van der Waals surface area contributed by atoms with E-state index < -0.39 is 0 Å². The molecule has 0 fully saturated rings. The lowest BCUT2D eigenvalue weighted by Gasteiger charge is -2.24. The van der Waals surface area contributed by atoms with Gasteiger partial charge in [-0.05, 0) is 65.8 Å². The van der Waals surface area contributed by atoms with Gasteiger partial charge in [0.1, 0.15) is 11.8 Å². The van der Waals surface area contributed by atoms with Crippen molar-refractivity contribution in [3.8, 4) is 5.75 Å². The van der Waals surface area contributed by atoms with E-state index in [1.807, 2.05) is 65.8 Å². The third kappa shape index (κ3) is 5.95. The van der Waals surface area contributed by atoms with Gasteiger partial charge in [0.25, 0.3) is 0 Å². The first kappa shape index (κ1) is 16.3. The van der Waals surface area contributed by atoms with Crippen LogP contribution >= 0.6 is 0 Å². The van der Waals surface area contributed by atoms with E-state index >= 15 is 0 Å². The van der Waals surface area contributed by atoms with Gasteiger partial charge in [0.05, 0.1) is 6.10 Å². The summed E-state index contributed by atoms with van der Waals surface area (Å²) in [6.45, 7) is 11.7. The molecule has 1 rings (SSSR count). The predicted octanol–water partition coefficient (Wildman–Crippen LogP) is 3.19. The summed E-state index contributed by atoms with van der Waals surface area (Å²) in [7, 11) is 0. The van der Waals surface area contributed by atoms with Crippen molar-refractivity contribution in [1.82, 2.24) is 5.32 Å². The second-order valence-corrected chi connectivity index (χ2v) is 6.30. The second-order valence-electron chi connectivity index (χ2n) is 6.30. The van der Waals surface area contributed by atoms with Crippen molar-refractivity contribution in [3.05, 3.63) is 24.3 Å². The number of amides is 1. The standard InChI is InChI=1S/C16H26N2O2/c1-11(2)20-14-9-7-13(8-10-14)17-12(3)15(19)18-16(4,5)6/h7-12,17H,1-6H3,(H,18,19).